The van der Waals surface area contributed by atoms with Gasteiger partial charge in [0.15, 0.2) is 0 Å². The Hall–Kier alpha value is -1.26. The van der Waals surface area contributed by atoms with Crippen LogP contribution in [0.5, 0.6) is 0 Å². The van der Waals surface area contributed by atoms with E-state index < -0.39 is 0 Å². The minimum Gasteiger partial charge on any atom is -0.310 e. The van der Waals surface area contributed by atoms with Crippen LogP contribution in [0.1, 0.15) is 29.0 Å². The molecule has 1 atom stereocenters. The van der Waals surface area contributed by atoms with Crippen LogP contribution in [0.15, 0.2) is 29.9 Å². The average Bonchev–Trinajstić information content (AvgIpc) is 2.81. The Morgan fingerprint density at radius 2 is 2.28 bits per heavy atom. The van der Waals surface area contributed by atoms with E-state index in [4.69, 9.17) is 0 Å². The molecule has 0 amide bonds. The molecule has 0 aliphatic heterocycles. The second-order valence-corrected chi connectivity index (χ2v) is 5.28. The molecule has 1 aromatic heterocycles. The van der Waals surface area contributed by atoms with Crippen molar-refractivity contribution < 1.29 is 4.39 Å². The first kappa shape index (κ1) is 13.2. The predicted octanol–water partition coefficient (Wildman–Crippen LogP) is 3.48. The van der Waals surface area contributed by atoms with Gasteiger partial charge in [0.05, 0.1) is 5.51 Å². The lowest BCUT2D eigenvalue weighted by Gasteiger charge is -2.18. The lowest BCUT2D eigenvalue weighted by Crippen LogP contribution is -2.23. The summed E-state index contributed by atoms with van der Waals surface area (Å²) in [6.45, 7) is 4.75. The predicted molar refractivity (Wildman–Crippen MR) is 73.4 cm³/mol. The number of aromatic nitrogens is 1. The van der Waals surface area contributed by atoms with E-state index >= 15 is 0 Å². The highest BCUT2D eigenvalue weighted by molar-refractivity contribution is 7.09. The fraction of sp³-hybridized carbons (Fsp3) is 0.357. The molecule has 0 aliphatic carbocycles. The molecule has 0 radical (unpaired) electrons. The first-order chi connectivity index (χ1) is 8.70. The largest absolute Gasteiger partial charge is 0.310 e. The monoisotopic (exact) mass is 264 g/mol. The molecule has 4 heteroatoms. The van der Waals surface area contributed by atoms with E-state index in [0.29, 0.717) is 0 Å². The summed E-state index contributed by atoms with van der Waals surface area (Å²) in [6, 6.07) is 5.43. The van der Waals surface area contributed by atoms with E-state index in [1.54, 1.807) is 17.4 Å². The van der Waals surface area contributed by atoms with Gasteiger partial charge in [-0.3, -0.25) is 4.98 Å². The van der Waals surface area contributed by atoms with Gasteiger partial charge in [0.25, 0.3) is 0 Å². The molecule has 1 unspecified atom stereocenters. The number of nitrogens with zero attached hydrogens (tertiary/aromatic N) is 1. The van der Waals surface area contributed by atoms with Crippen molar-refractivity contribution in [1.82, 2.24) is 10.3 Å². The lowest BCUT2D eigenvalue weighted by atomic mass is 10.0. The van der Waals surface area contributed by atoms with E-state index in [1.165, 1.54) is 4.88 Å². The van der Waals surface area contributed by atoms with Gasteiger partial charge >= 0.3 is 0 Å². The number of hydrogen-bond acceptors (Lipinski definition) is 3. The summed E-state index contributed by atoms with van der Waals surface area (Å²) in [4.78, 5) is 5.23. The Morgan fingerprint density at radius 1 is 1.44 bits per heavy atom. The molecule has 0 spiro atoms. The number of likely N-dealkylation sites (N-methyl/N-ethyl adjacent to an activating group) is 1. The summed E-state index contributed by atoms with van der Waals surface area (Å²) in [7, 11) is 0. The summed E-state index contributed by atoms with van der Waals surface area (Å²) in [6.07, 6.45) is 2.62. The quantitative estimate of drug-likeness (QED) is 0.894. The van der Waals surface area contributed by atoms with Crippen LogP contribution in [-0.2, 0) is 6.42 Å². The second-order valence-electron chi connectivity index (χ2n) is 4.31. The molecule has 18 heavy (non-hydrogen) atoms. The molecule has 1 N–H and O–H groups in total. The molecule has 0 aliphatic rings. The SMILES string of the molecule is CCNC(Cc1cncs1)c1ccc(C)cc1F. The Morgan fingerprint density at radius 3 is 2.89 bits per heavy atom. The fourth-order valence-corrected chi connectivity index (χ4v) is 2.64. The topological polar surface area (TPSA) is 24.9 Å². The first-order valence-corrected chi connectivity index (χ1v) is 6.95. The van der Waals surface area contributed by atoms with Gasteiger partial charge in [-0.05, 0) is 25.1 Å². The summed E-state index contributed by atoms with van der Waals surface area (Å²) in [5.74, 6) is -0.134. The van der Waals surface area contributed by atoms with Crippen LogP contribution in [0.3, 0.4) is 0 Å². The van der Waals surface area contributed by atoms with Gasteiger partial charge in [-0.15, -0.1) is 11.3 Å². The Kier molecular flexibility index (Phi) is 4.44. The normalized spacial score (nSPS) is 12.6. The van der Waals surface area contributed by atoms with Gasteiger partial charge in [0, 0.05) is 29.1 Å². The number of rotatable bonds is 5. The smallest absolute Gasteiger partial charge is 0.128 e. The van der Waals surface area contributed by atoms with Gasteiger partial charge in [0.2, 0.25) is 0 Å². The molecule has 2 nitrogen and oxygen atoms in total. The number of nitrogens with one attached hydrogen (secondary N) is 1. The molecule has 96 valence electrons. The van der Waals surface area contributed by atoms with Crippen molar-refractivity contribution in [2.45, 2.75) is 26.3 Å². The van der Waals surface area contributed by atoms with Gasteiger partial charge in [-0.25, -0.2) is 4.39 Å². The van der Waals surface area contributed by atoms with E-state index in [1.807, 2.05) is 37.7 Å². The Labute approximate surface area is 111 Å². The van der Waals surface area contributed by atoms with Crippen LogP contribution in [0.25, 0.3) is 0 Å². The van der Waals surface area contributed by atoms with E-state index in [9.17, 15) is 4.39 Å². The average molecular weight is 264 g/mol. The third kappa shape index (κ3) is 3.15. The fourth-order valence-electron chi connectivity index (χ4n) is 2.00. The van der Waals surface area contributed by atoms with Crippen molar-refractivity contribution in [3.63, 3.8) is 0 Å². The molecule has 2 rings (SSSR count). The first-order valence-electron chi connectivity index (χ1n) is 6.07. The van der Waals surface area contributed by atoms with Crippen LogP contribution in [0.2, 0.25) is 0 Å². The van der Waals surface area contributed by atoms with Crippen LogP contribution in [0.4, 0.5) is 4.39 Å². The van der Waals surface area contributed by atoms with Crippen molar-refractivity contribution in [3.8, 4) is 0 Å². The molecule has 0 fully saturated rings. The van der Waals surface area contributed by atoms with Crippen LogP contribution >= 0.6 is 11.3 Å². The Balaban J connectivity index is 2.23. The zero-order chi connectivity index (χ0) is 13.0. The maximum absolute atomic E-state index is 14.0. The Bertz CT molecular complexity index is 497. The number of thiazole rings is 1. The molecular formula is C14H17FN2S. The highest BCUT2D eigenvalue weighted by Gasteiger charge is 2.16. The zero-order valence-corrected chi connectivity index (χ0v) is 11.4. The van der Waals surface area contributed by atoms with E-state index in [0.717, 1.165) is 24.1 Å². The van der Waals surface area contributed by atoms with Crippen molar-refractivity contribution in [1.29, 1.82) is 0 Å². The van der Waals surface area contributed by atoms with Crippen LogP contribution in [-0.4, -0.2) is 11.5 Å². The minimum atomic E-state index is -0.134. The number of hydrogen-bond donors (Lipinski definition) is 1. The van der Waals surface area contributed by atoms with Gasteiger partial charge in [0.1, 0.15) is 5.82 Å². The molecule has 0 saturated carbocycles. The van der Waals surface area contributed by atoms with Crippen molar-refractivity contribution in [2.24, 2.45) is 0 Å². The minimum absolute atomic E-state index is 0.0102. The van der Waals surface area contributed by atoms with Crippen molar-refractivity contribution in [2.75, 3.05) is 6.54 Å². The maximum Gasteiger partial charge on any atom is 0.128 e. The lowest BCUT2D eigenvalue weighted by molar-refractivity contribution is 0.511. The highest BCUT2D eigenvalue weighted by atomic mass is 32.1. The third-order valence-electron chi connectivity index (χ3n) is 2.87. The van der Waals surface area contributed by atoms with Gasteiger partial charge < -0.3 is 5.32 Å². The molecule has 1 aromatic carbocycles. The van der Waals surface area contributed by atoms with E-state index in [2.05, 4.69) is 10.3 Å². The summed E-state index contributed by atoms with van der Waals surface area (Å²) in [5, 5.41) is 3.34. The van der Waals surface area contributed by atoms with Crippen molar-refractivity contribution >= 4 is 11.3 Å². The molecule has 1 heterocycles. The number of aryl methyl sites for hydroxylation is 1. The second kappa shape index (κ2) is 6.07. The van der Waals surface area contributed by atoms with Crippen molar-refractivity contribution in [3.05, 3.63) is 51.7 Å². The standard InChI is InChI=1S/C14H17FN2S/c1-3-17-14(7-11-8-16-9-18-11)12-5-4-10(2)6-13(12)15/h4-6,8-9,14,17H,3,7H2,1-2H3. The summed E-state index contributed by atoms with van der Waals surface area (Å²) < 4.78 is 14.0. The van der Waals surface area contributed by atoms with Crippen LogP contribution < -0.4 is 5.32 Å². The maximum atomic E-state index is 14.0. The third-order valence-corrected chi connectivity index (χ3v) is 3.67. The molecule has 2 aromatic rings. The van der Waals surface area contributed by atoms with E-state index in [-0.39, 0.29) is 11.9 Å². The number of benzene rings is 1. The zero-order valence-electron chi connectivity index (χ0n) is 10.6. The van der Waals surface area contributed by atoms with Gasteiger partial charge in [-0.2, -0.15) is 0 Å². The number of halogens is 1. The molecule has 0 saturated heterocycles. The summed E-state index contributed by atoms with van der Waals surface area (Å²) >= 11 is 1.61. The molecular weight excluding hydrogens is 247 g/mol. The van der Waals surface area contributed by atoms with Crippen LogP contribution in [0, 0.1) is 12.7 Å². The molecule has 0 bridgehead atoms. The summed E-state index contributed by atoms with van der Waals surface area (Å²) in [5.41, 5.74) is 3.49. The van der Waals surface area contributed by atoms with Gasteiger partial charge in [-0.1, -0.05) is 19.1 Å². The highest BCUT2D eigenvalue weighted by Crippen LogP contribution is 2.23.